The number of hydrogen-bond donors (Lipinski definition) is 2. The minimum atomic E-state index is -5.79. The summed E-state index contributed by atoms with van der Waals surface area (Å²) in [6.45, 7) is 1.87. The van der Waals surface area contributed by atoms with Gasteiger partial charge in [-0.2, -0.15) is 57.8 Å². The summed E-state index contributed by atoms with van der Waals surface area (Å²) < 4.78 is 160. The molecule has 1 aliphatic heterocycles. The van der Waals surface area contributed by atoms with Crippen molar-refractivity contribution in [3.05, 3.63) is 23.5 Å². The first-order valence-electron chi connectivity index (χ1n) is 9.14. The Balaban J connectivity index is 2.89. The van der Waals surface area contributed by atoms with Crippen LogP contribution in [-0.4, -0.2) is 45.6 Å². The number of aliphatic hydroxyl groups excluding tert-OH is 2. The lowest BCUT2D eigenvalue weighted by molar-refractivity contribution is -0.250. The molecule has 0 spiro atoms. The Bertz CT molecular complexity index is 905. The zero-order valence-corrected chi connectivity index (χ0v) is 16.9. The second-order valence-electron chi connectivity index (χ2n) is 7.44. The van der Waals surface area contributed by atoms with Crippen LogP contribution in [0.4, 0.5) is 58.4 Å². The third-order valence-corrected chi connectivity index (χ3v) is 5.39. The van der Waals surface area contributed by atoms with E-state index in [2.05, 4.69) is 10.1 Å². The van der Waals surface area contributed by atoms with Crippen molar-refractivity contribution in [1.29, 1.82) is 0 Å². The van der Waals surface area contributed by atoms with Gasteiger partial charge < -0.3 is 10.2 Å². The number of halogens is 12. The highest BCUT2D eigenvalue weighted by molar-refractivity contribution is 5.99. The lowest BCUT2D eigenvalue weighted by Crippen LogP contribution is -2.62. The monoisotopic (exact) mass is 521 g/mol. The van der Waals surface area contributed by atoms with Crippen LogP contribution in [-0.2, 0) is 12.4 Å². The van der Waals surface area contributed by atoms with Crippen molar-refractivity contribution in [2.45, 2.75) is 57.3 Å². The summed E-state index contributed by atoms with van der Waals surface area (Å²) in [5.74, 6) is -1.87. The van der Waals surface area contributed by atoms with Gasteiger partial charge in [0.15, 0.2) is 18.0 Å². The minimum absolute atomic E-state index is 0.220. The summed E-state index contributed by atoms with van der Waals surface area (Å²) in [5, 5.41) is 22.8. The lowest BCUT2D eigenvalue weighted by Gasteiger charge is -2.43. The SMILES string of the molecule is CCC(C)C1(C(O)C(F)(F)F)C(C(F)(F)F)=NN(c2cc(C(F)(F)F)nc(C(F)(F)F)c2)C1O. The summed E-state index contributed by atoms with van der Waals surface area (Å²) in [4.78, 5) is 2.34. The molecule has 0 bridgehead atoms. The molecule has 5 nitrogen and oxygen atoms in total. The minimum Gasteiger partial charge on any atom is -0.383 e. The summed E-state index contributed by atoms with van der Waals surface area (Å²) in [5.41, 5.74) is -12.1. The van der Waals surface area contributed by atoms with Crippen LogP contribution in [0.25, 0.3) is 0 Å². The Morgan fingerprint density at radius 3 is 1.68 bits per heavy atom. The van der Waals surface area contributed by atoms with E-state index < -0.39 is 82.6 Å². The molecule has 0 amide bonds. The fraction of sp³-hybridized carbons (Fsp3) is 0.647. The van der Waals surface area contributed by atoms with Gasteiger partial charge in [-0.25, -0.2) is 9.99 Å². The largest absolute Gasteiger partial charge is 0.433 e. The Morgan fingerprint density at radius 1 is 0.912 bits per heavy atom. The maximum Gasteiger partial charge on any atom is 0.433 e. The first kappa shape index (κ1) is 27.9. The standard InChI is InChI=1S/C17H15F12N3O2/c1-3-6(2)13(11(33)17(27,28)29)10(16(24,25)26)31-32(12(13)34)7-4-8(14(18,19)20)30-9(5-7)15(21,22)23/h4-6,11-12,33-34H,3H2,1-2H3. The van der Waals surface area contributed by atoms with Gasteiger partial charge in [-0.1, -0.05) is 20.3 Å². The quantitative estimate of drug-likeness (QED) is 0.540. The maximum atomic E-state index is 13.8. The van der Waals surface area contributed by atoms with E-state index in [0.717, 1.165) is 13.8 Å². The first-order chi connectivity index (χ1) is 15.1. The lowest BCUT2D eigenvalue weighted by atomic mass is 9.65. The van der Waals surface area contributed by atoms with Crippen molar-refractivity contribution < 1.29 is 62.9 Å². The average Bonchev–Trinajstić information content (AvgIpc) is 2.98. The van der Waals surface area contributed by atoms with E-state index in [0.29, 0.717) is 0 Å². The molecule has 0 fully saturated rings. The highest BCUT2D eigenvalue weighted by Crippen LogP contribution is 2.53. The number of anilines is 1. The van der Waals surface area contributed by atoms with Crippen LogP contribution in [0.1, 0.15) is 31.7 Å². The van der Waals surface area contributed by atoms with Gasteiger partial charge in [0, 0.05) is 0 Å². The van der Waals surface area contributed by atoms with Crippen LogP contribution >= 0.6 is 0 Å². The second kappa shape index (κ2) is 8.42. The van der Waals surface area contributed by atoms with E-state index in [1.807, 2.05) is 0 Å². The molecule has 1 aliphatic rings. The molecule has 1 aromatic rings. The van der Waals surface area contributed by atoms with Crippen LogP contribution < -0.4 is 5.01 Å². The van der Waals surface area contributed by atoms with Gasteiger partial charge in [0.25, 0.3) is 0 Å². The molecule has 17 heteroatoms. The fourth-order valence-electron chi connectivity index (χ4n) is 3.65. The van der Waals surface area contributed by atoms with E-state index in [4.69, 9.17) is 0 Å². The van der Waals surface area contributed by atoms with E-state index in [-0.39, 0.29) is 12.1 Å². The smallest absolute Gasteiger partial charge is 0.383 e. The number of aromatic nitrogens is 1. The topological polar surface area (TPSA) is 69.0 Å². The summed E-state index contributed by atoms with van der Waals surface area (Å²) in [7, 11) is 0. The number of pyridine rings is 1. The molecular formula is C17H15F12N3O2. The van der Waals surface area contributed by atoms with Crippen LogP contribution in [0.2, 0.25) is 0 Å². The Morgan fingerprint density at radius 2 is 1.35 bits per heavy atom. The van der Waals surface area contributed by atoms with Gasteiger partial charge >= 0.3 is 24.7 Å². The molecule has 4 unspecified atom stereocenters. The van der Waals surface area contributed by atoms with Gasteiger partial charge in [0.2, 0.25) is 0 Å². The molecule has 0 aromatic carbocycles. The summed E-state index contributed by atoms with van der Waals surface area (Å²) in [6.07, 6.45) is -30.3. The zero-order chi connectivity index (χ0) is 26.7. The maximum absolute atomic E-state index is 13.8. The molecule has 2 heterocycles. The molecular weight excluding hydrogens is 506 g/mol. The van der Waals surface area contributed by atoms with Crippen LogP contribution in [0.3, 0.4) is 0 Å². The third-order valence-electron chi connectivity index (χ3n) is 5.39. The number of hydrogen-bond acceptors (Lipinski definition) is 5. The van der Waals surface area contributed by atoms with Gasteiger partial charge in [0.05, 0.1) is 5.69 Å². The molecule has 0 saturated carbocycles. The third kappa shape index (κ3) is 4.76. The molecule has 194 valence electrons. The normalized spacial score (nSPS) is 24.3. The second-order valence-corrected chi connectivity index (χ2v) is 7.44. The predicted molar refractivity (Wildman–Crippen MR) is 90.2 cm³/mol. The molecule has 0 radical (unpaired) electrons. The Labute approximate surface area is 182 Å². The van der Waals surface area contributed by atoms with Crippen molar-refractivity contribution in [3.63, 3.8) is 0 Å². The van der Waals surface area contributed by atoms with Crippen molar-refractivity contribution in [3.8, 4) is 0 Å². The van der Waals surface area contributed by atoms with E-state index in [9.17, 15) is 62.9 Å². The Hall–Kier alpha value is -2.30. The zero-order valence-electron chi connectivity index (χ0n) is 16.9. The van der Waals surface area contributed by atoms with Gasteiger partial charge in [0.1, 0.15) is 16.8 Å². The van der Waals surface area contributed by atoms with Crippen LogP contribution in [0.5, 0.6) is 0 Å². The van der Waals surface area contributed by atoms with Gasteiger partial charge in [-0.15, -0.1) is 0 Å². The van der Waals surface area contributed by atoms with Crippen molar-refractivity contribution >= 4 is 11.4 Å². The molecule has 2 rings (SSSR count). The van der Waals surface area contributed by atoms with Crippen molar-refractivity contribution in [2.75, 3.05) is 5.01 Å². The highest BCUT2D eigenvalue weighted by atomic mass is 19.4. The molecule has 0 aliphatic carbocycles. The molecule has 4 atom stereocenters. The Kier molecular flexibility index (Phi) is 6.92. The molecule has 0 saturated heterocycles. The fourth-order valence-corrected chi connectivity index (χ4v) is 3.65. The molecule has 1 aromatic heterocycles. The van der Waals surface area contributed by atoms with Gasteiger partial charge in [-0.05, 0) is 18.1 Å². The van der Waals surface area contributed by atoms with E-state index >= 15 is 0 Å². The van der Waals surface area contributed by atoms with Crippen molar-refractivity contribution in [1.82, 2.24) is 4.98 Å². The predicted octanol–water partition coefficient (Wildman–Crippen LogP) is 5.13. The van der Waals surface area contributed by atoms with Crippen molar-refractivity contribution in [2.24, 2.45) is 16.4 Å². The first-order valence-corrected chi connectivity index (χ1v) is 9.14. The molecule has 2 N–H and O–H groups in total. The summed E-state index contributed by atoms with van der Waals surface area (Å²) in [6, 6.07) is -0.439. The number of nitrogens with zero attached hydrogens (tertiary/aromatic N) is 3. The molecule has 34 heavy (non-hydrogen) atoms. The average molecular weight is 521 g/mol. The number of aliphatic hydroxyl groups is 2. The van der Waals surface area contributed by atoms with Crippen LogP contribution in [0.15, 0.2) is 17.2 Å². The van der Waals surface area contributed by atoms with Crippen LogP contribution in [0, 0.1) is 11.3 Å². The summed E-state index contributed by atoms with van der Waals surface area (Å²) >= 11 is 0. The van der Waals surface area contributed by atoms with Gasteiger partial charge in [-0.3, -0.25) is 0 Å². The number of alkyl halides is 12. The number of hydrazone groups is 1. The van der Waals surface area contributed by atoms with E-state index in [1.165, 1.54) is 0 Å². The van der Waals surface area contributed by atoms with E-state index in [1.54, 1.807) is 0 Å². The number of rotatable bonds is 4. The highest BCUT2D eigenvalue weighted by Gasteiger charge is 2.70.